The van der Waals surface area contributed by atoms with Crippen molar-refractivity contribution in [3.63, 3.8) is 0 Å². The van der Waals surface area contributed by atoms with Crippen LogP contribution in [0.2, 0.25) is 0 Å². The number of hydrogen-bond acceptors (Lipinski definition) is 4. The Morgan fingerprint density at radius 3 is 2.50 bits per heavy atom. The highest BCUT2D eigenvalue weighted by Gasteiger charge is 2.36. The summed E-state index contributed by atoms with van der Waals surface area (Å²) >= 11 is 0. The van der Waals surface area contributed by atoms with Crippen LogP contribution in [0.3, 0.4) is 0 Å². The van der Waals surface area contributed by atoms with E-state index in [0.717, 1.165) is 12.0 Å². The zero-order chi connectivity index (χ0) is 19.5. The van der Waals surface area contributed by atoms with Gasteiger partial charge in [-0.25, -0.2) is 4.79 Å². The standard InChI is InChI=1S/C19H27N3O4/c1-12-8-9-14(11-15(12)20-13(2)23)21-17(24)16-7-6-10-22(16)18(25)26-19(3,4)5/h8-9,11,16H,6-7,10H2,1-5H3,(H,20,23)(H,21,24)/t16-/m0/s1. The predicted molar refractivity (Wildman–Crippen MR) is 100 cm³/mol. The summed E-state index contributed by atoms with van der Waals surface area (Å²) in [5.41, 5.74) is 1.51. The minimum absolute atomic E-state index is 0.177. The van der Waals surface area contributed by atoms with E-state index in [9.17, 15) is 14.4 Å². The number of aryl methyl sites for hydroxylation is 1. The van der Waals surface area contributed by atoms with Crippen LogP contribution in [0.1, 0.15) is 46.1 Å². The maximum Gasteiger partial charge on any atom is 0.410 e. The molecule has 1 atom stereocenters. The largest absolute Gasteiger partial charge is 0.444 e. The van der Waals surface area contributed by atoms with E-state index in [1.807, 2.05) is 13.0 Å². The van der Waals surface area contributed by atoms with Crippen LogP contribution in [0.4, 0.5) is 16.2 Å². The first-order valence-corrected chi connectivity index (χ1v) is 8.75. The fourth-order valence-corrected chi connectivity index (χ4v) is 2.83. The van der Waals surface area contributed by atoms with E-state index < -0.39 is 17.7 Å². The van der Waals surface area contributed by atoms with E-state index in [1.54, 1.807) is 32.9 Å². The molecule has 2 N–H and O–H groups in total. The second kappa shape index (κ2) is 7.76. The quantitative estimate of drug-likeness (QED) is 0.865. The minimum atomic E-state index is -0.606. The molecule has 3 amide bonds. The molecule has 1 aliphatic rings. The van der Waals surface area contributed by atoms with E-state index in [2.05, 4.69) is 10.6 Å². The number of benzene rings is 1. The lowest BCUT2D eigenvalue weighted by Gasteiger charge is -2.28. The molecule has 0 spiro atoms. The first-order chi connectivity index (χ1) is 12.1. The molecule has 2 rings (SSSR count). The maximum atomic E-state index is 12.7. The summed E-state index contributed by atoms with van der Waals surface area (Å²) in [7, 11) is 0. The lowest BCUT2D eigenvalue weighted by Crippen LogP contribution is -2.45. The third kappa shape index (κ3) is 5.21. The Hall–Kier alpha value is -2.57. The average molecular weight is 361 g/mol. The van der Waals surface area contributed by atoms with Crippen molar-refractivity contribution in [3.8, 4) is 0 Å². The number of ether oxygens (including phenoxy) is 1. The van der Waals surface area contributed by atoms with Gasteiger partial charge in [0.1, 0.15) is 11.6 Å². The van der Waals surface area contributed by atoms with Crippen LogP contribution < -0.4 is 10.6 Å². The van der Waals surface area contributed by atoms with E-state index in [4.69, 9.17) is 4.74 Å². The van der Waals surface area contributed by atoms with Crippen molar-refractivity contribution in [2.24, 2.45) is 0 Å². The lowest BCUT2D eigenvalue weighted by molar-refractivity contribution is -0.120. The van der Waals surface area contributed by atoms with Gasteiger partial charge in [-0.15, -0.1) is 0 Å². The van der Waals surface area contributed by atoms with Gasteiger partial charge in [0.25, 0.3) is 0 Å². The van der Waals surface area contributed by atoms with Gasteiger partial charge in [-0.3, -0.25) is 14.5 Å². The smallest absolute Gasteiger partial charge is 0.410 e. The van der Waals surface area contributed by atoms with Crippen LogP contribution in [0.25, 0.3) is 0 Å². The third-order valence-corrected chi connectivity index (χ3v) is 4.00. The Bertz CT molecular complexity index is 709. The number of carbonyl (C=O) groups excluding carboxylic acids is 3. The fourth-order valence-electron chi connectivity index (χ4n) is 2.83. The van der Waals surface area contributed by atoms with Crippen LogP contribution in [-0.2, 0) is 14.3 Å². The number of amides is 3. The Kier molecular flexibility index (Phi) is 5.90. The van der Waals surface area contributed by atoms with Crippen LogP contribution in [-0.4, -0.2) is 41.0 Å². The molecule has 0 aliphatic carbocycles. The number of likely N-dealkylation sites (tertiary alicyclic amines) is 1. The van der Waals surface area contributed by atoms with E-state index in [-0.39, 0.29) is 11.8 Å². The topological polar surface area (TPSA) is 87.7 Å². The van der Waals surface area contributed by atoms with Gasteiger partial charge in [0.05, 0.1) is 0 Å². The predicted octanol–water partition coefficient (Wildman–Crippen LogP) is 3.29. The molecule has 1 fully saturated rings. The van der Waals surface area contributed by atoms with Crippen LogP contribution in [0.15, 0.2) is 18.2 Å². The highest BCUT2D eigenvalue weighted by molar-refractivity contribution is 5.98. The van der Waals surface area contributed by atoms with Crippen molar-refractivity contribution >= 4 is 29.3 Å². The molecule has 0 saturated carbocycles. The van der Waals surface area contributed by atoms with Crippen LogP contribution in [0.5, 0.6) is 0 Å². The van der Waals surface area contributed by atoms with E-state index in [1.165, 1.54) is 11.8 Å². The lowest BCUT2D eigenvalue weighted by atomic mass is 10.1. The summed E-state index contributed by atoms with van der Waals surface area (Å²) in [6.45, 7) is 9.20. The molecule has 26 heavy (non-hydrogen) atoms. The number of nitrogens with zero attached hydrogens (tertiary/aromatic N) is 1. The Morgan fingerprint density at radius 1 is 1.19 bits per heavy atom. The zero-order valence-electron chi connectivity index (χ0n) is 16.0. The van der Waals surface area contributed by atoms with Crippen LogP contribution in [0, 0.1) is 6.92 Å². The van der Waals surface area contributed by atoms with Gasteiger partial charge in [-0.05, 0) is 58.2 Å². The van der Waals surface area contributed by atoms with Crippen molar-refractivity contribution in [3.05, 3.63) is 23.8 Å². The van der Waals surface area contributed by atoms with Gasteiger partial charge < -0.3 is 15.4 Å². The van der Waals surface area contributed by atoms with Gasteiger partial charge in [0, 0.05) is 24.8 Å². The van der Waals surface area contributed by atoms with Gasteiger partial charge >= 0.3 is 6.09 Å². The molecule has 7 heteroatoms. The third-order valence-electron chi connectivity index (χ3n) is 4.00. The minimum Gasteiger partial charge on any atom is -0.444 e. The van der Waals surface area contributed by atoms with Crippen molar-refractivity contribution in [2.45, 2.75) is 59.1 Å². The maximum absolute atomic E-state index is 12.7. The molecule has 7 nitrogen and oxygen atoms in total. The molecular weight excluding hydrogens is 334 g/mol. The molecule has 0 radical (unpaired) electrons. The molecule has 1 heterocycles. The number of anilines is 2. The van der Waals surface area contributed by atoms with Gasteiger partial charge in [-0.1, -0.05) is 6.07 Å². The van der Waals surface area contributed by atoms with Crippen molar-refractivity contribution in [2.75, 3.05) is 17.2 Å². The molecule has 0 unspecified atom stereocenters. The second-order valence-electron chi connectivity index (χ2n) is 7.53. The zero-order valence-corrected chi connectivity index (χ0v) is 16.0. The molecule has 1 aromatic rings. The molecule has 0 aromatic heterocycles. The van der Waals surface area contributed by atoms with Gasteiger partial charge in [0.2, 0.25) is 11.8 Å². The number of hydrogen-bond donors (Lipinski definition) is 2. The van der Waals surface area contributed by atoms with E-state index in [0.29, 0.717) is 24.3 Å². The van der Waals surface area contributed by atoms with E-state index >= 15 is 0 Å². The number of rotatable bonds is 3. The summed E-state index contributed by atoms with van der Waals surface area (Å²) < 4.78 is 5.39. The molecule has 1 saturated heterocycles. The van der Waals surface area contributed by atoms with Gasteiger partial charge in [0.15, 0.2) is 0 Å². The molecular formula is C19H27N3O4. The Balaban J connectivity index is 2.09. The SMILES string of the molecule is CC(=O)Nc1cc(NC(=O)[C@@H]2CCCN2C(=O)OC(C)(C)C)ccc1C. The normalized spacial score (nSPS) is 17.0. The Labute approximate surface area is 154 Å². The average Bonchev–Trinajstić information content (AvgIpc) is 2.98. The number of nitrogens with one attached hydrogen (secondary N) is 2. The van der Waals surface area contributed by atoms with Gasteiger partial charge in [-0.2, -0.15) is 0 Å². The monoisotopic (exact) mass is 361 g/mol. The summed E-state index contributed by atoms with van der Waals surface area (Å²) in [4.78, 5) is 37.7. The molecule has 142 valence electrons. The summed E-state index contributed by atoms with van der Waals surface area (Å²) in [6, 6.07) is 4.74. The van der Waals surface area contributed by atoms with Crippen molar-refractivity contribution in [1.82, 2.24) is 4.90 Å². The Morgan fingerprint density at radius 2 is 1.88 bits per heavy atom. The highest BCUT2D eigenvalue weighted by Crippen LogP contribution is 2.24. The highest BCUT2D eigenvalue weighted by atomic mass is 16.6. The fraction of sp³-hybridized carbons (Fsp3) is 0.526. The molecule has 1 aromatic carbocycles. The first-order valence-electron chi connectivity index (χ1n) is 8.75. The summed E-state index contributed by atoms with van der Waals surface area (Å²) in [5.74, 6) is -0.436. The second-order valence-corrected chi connectivity index (χ2v) is 7.53. The molecule has 1 aliphatic heterocycles. The summed E-state index contributed by atoms with van der Waals surface area (Å²) in [5, 5.41) is 5.57. The van der Waals surface area contributed by atoms with Crippen molar-refractivity contribution in [1.29, 1.82) is 0 Å². The first kappa shape index (κ1) is 19.8. The number of carbonyl (C=O) groups is 3. The van der Waals surface area contributed by atoms with Crippen LogP contribution >= 0.6 is 0 Å². The van der Waals surface area contributed by atoms with Crippen molar-refractivity contribution < 1.29 is 19.1 Å². The molecule has 0 bridgehead atoms. The summed E-state index contributed by atoms with van der Waals surface area (Å²) in [6.07, 6.45) is 0.871.